The Morgan fingerprint density at radius 2 is 2.21 bits per heavy atom. The first-order valence-corrected chi connectivity index (χ1v) is 4.50. The van der Waals surface area contributed by atoms with E-state index in [1.165, 1.54) is 0 Å². The normalized spacial score (nSPS) is 9.50. The number of rotatable bonds is 4. The molecule has 4 N–H and O–H groups in total. The van der Waals surface area contributed by atoms with E-state index >= 15 is 0 Å². The fourth-order valence-electron chi connectivity index (χ4n) is 0.895. The van der Waals surface area contributed by atoms with Crippen LogP contribution in [0.15, 0.2) is 29.3 Å². The molecule has 0 fully saturated rings. The van der Waals surface area contributed by atoms with Crippen molar-refractivity contribution in [1.82, 2.24) is 0 Å². The number of hydrogen-bond donors (Lipinski definition) is 2. The Morgan fingerprint density at radius 1 is 1.43 bits per heavy atom. The van der Waals surface area contributed by atoms with E-state index in [0.29, 0.717) is 23.9 Å². The molecule has 1 aromatic carbocycles. The standard InChI is InChI=1S/C9H12ClN3O/c10-7-2-1-3-8(6-7)14-5-4-13-9(11)12/h1-3,6H,4-5H2,(H4,11,12,13). The second kappa shape index (κ2) is 5.34. The fraction of sp³-hybridized carbons (Fsp3) is 0.222. The summed E-state index contributed by atoms with van der Waals surface area (Å²) in [6.45, 7) is 0.868. The van der Waals surface area contributed by atoms with Gasteiger partial charge in [-0.15, -0.1) is 0 Å². The lowest BCUT2D eigenvalue weighted by atomic mass is 10.3. The molecule has 0 aliphatic heterocycles. The number of halogens is 1. The monoisotopic (exact) mass is 213 g/mol. The molecule has 0 saturated heterocycles. The molecule has 0 aromatic heterocycles. The molecule has 1 rings (SSSR count). The Bertz CT molecular complexity index is 324. The van der Waals surface area contributed by atoms with Crippen LogP contribution in [0.25, 0.3) is 0 Å². The summed E-state index contributed by atoms with van der Waals surface area (Å²) in [5.74, 6) is 0.781. The zero-order valence-electron chi connectivity index (χ0n) is 7.61. The SMILES string of the molecule is NC(N)=NCCOc1cccc(Cl)c1. The third kappa shape index (κ3) is 4.00. The van der Waals surface area contributed by atoms with E-state index < -0.39 is 0 Å². The van der Waals surface area contributed by atoms with Crippen LogP contribution < -0.4 is 16.2 Å². The van der Waals surface area contributed by atoms with Crippen molar-refractivity contribution in [3.05, 3.63) is 29.3 Å². The van der Waals surface area contributed by atoms with Gasteiger partial charge >= 0.3 is 0 Å². The summed E-state index contributed by atoms with van der Waals surface area (Å²) in [5.41, 5.74) is 10.3. The van der Waals surface area contributed by atoms with Gasteiger partial charge in [-0.1, -0.05) is 17.7 Å². The highest BCUT2D eigenvalue weighted by atomic mass is 35.5. The molecular weight excluding hydrogens is 202 g/mol. The van der Waals surface area contributed by atoms with Gasteiger partial charge in [0.15, 0.2) is 5.96 Å². The fourth-order valence-corrected chi connectivity index (χ4v) is 1.08. The lowest BCUT2D eigenvalue weighted by Crippen LogP contribution is -2.23. The van der Waals surface area contributed by atoms with Crippen molar-refractivity contribution in [2.45, 2.75) is 0 Å². The Morgan fingerprint density at radius 3 is 2.86 bits per heavy atom. The van der Waals surface area contributed by atoms with Gasteiger partial charge in [-0.3, -0.25) is 4.99 Å². The Balaban J connectivity index is 2.35. The maximum atomic E-state index is 5.76. The first kappa shape index (κ1) is 10.7. The predicted octanol–water partition coefficient (Wildman–Crippen LogP) is 0.992. The summed E-state index contributed by atoms with van der Waals surface area (Å²) in [5, 5.41) is 0.643. The molecule has 0 saturated carbocycles. The molecule has 0 aliphatic carbocycles. The molecule has 14 heavy (non-hydrogen) atoms. The second-order valence-electron chi connectivity index (χ2n) is 2.61. The number of nitrogens with two attached hydrogens (primary N) is 2. The van der Waals surface area contributed by atoms with Crippen molar-refractivity contribution >= 4 is 17.6 Å². The Kier molecular flexibility index (Phi) is 4.07. The second-order valence-corrected chi connectivity index (χ2v) is 3.05. The van der Waals surface area contributed by atoms with Crippen molar-refractivity contribution in [2.24, 2.45) is 16.5 Å². The summed E-state index contributed by atoms with van der Waals surface area (Å²) in [6.07, 6.45) is 0. The maximum absolute atomic E-state index is 5.76. The van der Waals surface area contributed by atoms with Crippen LogP contribution >= 0.6 is 11.6 Å². The molecule has 0 radical (unpaired) electrons. The van der Waals surface area contributed by atoms with Crippen LogP contribution in [0.2, 0.25) is 5.02 Å². The lowest BCUT2D eigenvalue weighted by Gasteiger charge is -2.03. The third-order valence-corrected chi connectivity index (χ3v) is 1.69. The van der Waals surface area contributed by atoms with Gasteiger partial charge in [-0.25, -0.2) is 0 Å². The van der Waals surface area contributed by atoms with Gasteiger partial charge in [0.05, 0.1) is 6.54 Å². The van der Waals surface area contributed by atoms with Crippen LogP contribution in [-0.4, -0.2) is 19.1 Å². The summed E-state index contributed by atoms with van der Waals surface area (Å²) in [7, 11) is 0. The number of aliphatic imine (C=N–C) groups is 1. The van der Waals surface area contributed by atoms with Crippen molar-refractivity contribution in [3.63, 3.8) is 0 Å². The van der Waals surface area contributed by atoms with Crippen molar-refractivity contribution < 1.29 is 4.74 Å². The van der Waals surface area contributed by atoms with Gasteiger partial charge in [-0.2, -0.15) is 0 Å². The lowest BCUT2D eigenvalue weighted by molar-refractivity contribution is 0.329. The van der Waals surface area contributed by atoms with Crippen LogP contribution in [0.5, 0.6) is 5.75 Å². The Labute approximate surface area is 87.5 Å². The largest absolute Gasteiger partial charge is 0.492 e. The summed E-state index contributed by atoms with van der Waals surface area (Å²) >= 11 is 5.76. The van der Waals surface area contributed by atoms with E-state index in [1.54, 1.807) is 12.1 Å². The average molecular weight is 214 g/mol. The smallest absolute Gasteiger partial charge is 0.186 e. The van der Waals surface area contributed by atoms with Gasteiger partial charge in [0.2, 0.25) is 0 Å². The van der Waals surface area contributed by atoms with Crippen molar-refractivity contribution in [3.8, 4) is 5.75 Å². The van der Waals surface area contributed by atoms with Crippen molar-refractivity contribution in [2.75, 3.05) is 13.2 Å². The number of hydrogen-bond acceptors (Lipinski definition) is 2. The number of benzene rings is 1. The van der Waals surface area contributed by atoms with E-state index in [2.05, 4.69) is 4.99 Å². The highest BCUT2D eigenvalue weighted by molar-refractivity contribution is 6.30. The minimum Gasteiger partial charge on any atom is -0.492 e. The quantitative estimate of drug-likeness (QED) is 0.445. The third-order valence-electron chi connectivity index (χ3n) is 1.45. The molecule has 0 atom stereocenters. The van der Waals surface area contributed by atoms with Gasteiger partial charge in [0.25, 0.3) is 0 Å². The van der Waals surface area contributed by atoms with Gasteiger partial charge < -0.3 is 16.2 Å². The minimum atomic E-state index is 0.0692. The molecule has 5 heteroatoms. The van der Waals surface area contributed by atoms with Gasteiger partial charge in [-0.05, 0) is 18.2 Å². The molecule has 0 spiro atoms. The topological polar surface area (TPSA) is 73.6 Å². The van der Waals surface area contributed by atoms with Crippen LogP contribution in [0.1, 0.15) is 0 Å². The molecule has 0 bridgehead atoms. The predicted molar refractivity (Wildman–Crippen MR) is 57.6 cm³/mol. The maximum Gasteiger partial charge on any atom is 0.186 e. The summed E-state index contributed by atoms with van der Waals surface area (Å²) in [4.78, 5) is 3.78. The number of guanidine groups is 1. The molecule has 0 amide bonds. The van der Waals surface area contributed by atoms with E-state index in [4.69, 9.17) is 27.8 Å². The summed E-state index contributed by atoms with van der Waals surface area (Å²) in [6, 6.07) is 7.15. The van der Waals surface area contributed by atoms with Crippen LogP contribution in [0, 0.1) is 0 Å². The summed E-state index contributed by atoms with van der Waals surface area (Å²) < 4.78 is 5.33. The van der Waals surface area contributed by atoms with Crippen LogP contribution in [0.3, 0.4) is 0 Å². The average Bonchev–Trinajstić information content (AvgIpc) is 2.12. The minimum absolute atomic E-state index is 0.0692. The molecule has 0 aliphatic rings. The number of ether oxygens (including phenoxy) is 1. The van der Waals surface area contributed by atoms with E-state index in [9.17, 15) is 0 Å². The van der Waals surface area contributed by atoms with Gasteiger partial charge in [0, 0.05) is 5.02 Å². The molecule has 0 heterocycles. The highest BCUT2D eigenvalue weighted by Gasteiger charge is 1.93. The van der Waals surface area contributed by atoms with Gasteiger partial charge in [0.1, 0.15) is 12.4 Å². The molecule has 0 unspecified atom stereocenters. The number of nitrogens with zero attached hydrogens (tertiary/aromatic N) is 1. The van der Waals surface area contributed by atoms with Crippen molar-refractivity contribution in [1.29, 1.82) is 0 Å². The first-order chi connectivity index (χ1) is 6.68. The molecule has 76 valence electrons. The van der Waals surface area contributed by atoms with E-state index in [-0.39, 0.29) is 5.96 Å². The first-order valence-electron chi connectivity index (χ1n) is 4.12. The zero-order valence-corrected chi connectivity index (χ0v) is 8.37. The van der Waals surface area contributed by atoms with Crippen LogP contribution in [-0.2, 0) is 0 Å². The molecule has 1 aromatic rings. The Hall–Kier alpha value is -1.42. The van der Waals surface area contributed by atoms with E-state index in [1.807, 2.05) is 12.1 Å². The van der Waals surface area contributed by atoms with E-state index in [0.717, 1.165) is 0 Å². The van der Waals surface area contributed by atoms with Crippen LogP contribution in [0.4, 0.5) is 0 Å². The molecular formula is C9H12ClN3O. The molecule has 4 nitrogen and oxygen atoms in total. The highest BCUT2D eigenvalue weighted by Crippen LogP contribution is 2.16. The zero-order chi connectivity index (χ0) is 10.4.